The predicted octanol–water partition coefficient (Wildman–Crippen LogP) is 1.49. The summed E-state index contributed by atoms with van der Waals surface area (Å²) in [5.41, 5.74) is -0.362. The molecule has 0 saturated heterocycles. The normalized spacial score (nSPS) is 11.5. The van der Waals surface area contributed by atoms with E-state index < -0.39 is 0 Å². The van der Waals surface area contributed by atoms with Gasteiger partial charge in [0.25, 0.3) is 0 Å². The van der Waals surface area contributed by atoms with Gasteiger partial charge in [0.15, 0.2) is 0 Å². The molecule has 0 saturated carbocycles. The lowest BCUT2D eigenvalue weighted by atomic mass is 9.94. The minimum absolute atomic E-state index is 0.0433. The molecular formula is C9H15ClN4O. The standard InChI is InChI=1S/C9H15ClN4O/c1-3-9(4-2,6-15)13-7-5-11-14-8(10)12-7/h5,15H,3-4,6H2,1-2H3,(H,12,13,14). The number of nitrogens with zero attached hydrogens (tertiary/aromatic N) is 3. The zero-order valence-electron chi connectivity index (χ0n) is 8.87. The topological polar surface area (TPSA) is 70.9 Å². The van der Waals surface area contributed by atoms with E-state index in [0.717, 1.165) is 12.8 Å². The van der Waals surface area contributed by atoms with Crippen LogP contribution in [0, 0.1) is 0 Å². The summed E-state index contributed by atoms with van der Waals surface area (Å²) >= 11 is 5.62. The van der Waals surface area contributed by atoms with E-state index >= 15 is 0 Å². The third kappa shape index (κ3) is 3.00. The Balaban J connectivity index is 2.82. The molecule has 0 bridgehead atoms. The zero-order chi connectivity index (χ0) is 11.3. The van der Waals surface area contributed by atoms with E-state index in [2.05, 4.69) is 20.5 Å². The van der Waals surface area contributed by atoms with Gasteiger partial charge in [0.05, 0.1) is 18.3 Å². The number of hydrogen-bond donors (Lipinski definition) is 2. The highest BCUT2D eigenvalue weighted by atomic mass is 35.5. The first-order valence-electron chi connectivity index (χ1n) is 4.90. The summed E-state index contributed by atoms with van der Waals surface area (Å²) in [7, 11) is 0. The Hall–Kier alpha value is -0.940. The molecule has 1 aromatic rings. The van der Waals surface area contributed by atoms with Crippen molar-refractivity contribution in [2.45, 2.75) is 32.2 Å². The van der Waals surface area contributed by atoms with E-state index in [1.165, 1.54) is 6.20 Å². The second-order valence-electron chi connectivity index (χ2n) is 3.38. The first-order valence-corrected chi connectivity index (χ1v) is 5.28. The molecular weight excluding hydrogens is 216 g/mol. The summed E-state index contributed by atoms with van der Waals surface area (Å²) in [6.07, 6.45) is 3.07. The molecule has 0 radical (unpaired) electrons. The van der Waals surface area contributed by atoms with Crippen molar-refractivity contribution in [2.24, 2.45) is 0 Å². The van der Waals surface area contributed by atoms with E-state index in [0.29, 0.717) is 5.82 Å². The highest BCUT2D eigenvalue weighted by molar-refractivity contribution is 6.28. The molecule has 5 nitrogen and oxygen atoms in total. The Bertz CT molecular complexity index is 308. The van der Waals surface area contributed by atoms with Crippen molar-refractivity contribution in [3.8, 4) is 0 Å². The van der Waals surface area contributed by atoms with Crippen molar-refractivity contribution in [1.29, 1.82) is 0 Å². The van der Waals surface area contributed by atoms with E-state index in [9.17, 15) is 5.11 Å². The Morgan fingerprint density at radius 3 is 2.60 bits per heavy atom. The van der Waals surface area contributed by atoms with Crippen molar-refractivity contribution >= 4 is 17.4 Å². The summed E-state index contributed by atoms with van der Waals surface area (Å²) in [6, 6.07) is 0. The molecule has 2 N–H and O–H groups in total. The van der Waals surface area contributed by atoms with E-state index in [-0.39, 0.29) is 17.4 Å². The highest BCUT2D eigenvalue weighted by Gasteiger charge is 2.25. The quantitative estimate of drug-likeness (QED) is 0.802. The molecule has 1 heterocycles. The second kappa shape index (κ2) is 5.23. The van der Waals surface area contributed by atoms with E-state index in [4.69, 9.17) is 11.6 Å². The maximum Gasteiger partial charge on any atom is 0.244 e. The predicted molar refractivity (Wildman–Crippen MR) is 58.9 cm³/mol. The molecule has 1 aromatic heterocycles. The fourth-order valence-electron chi connectivity index (χ4n) is 1.30. The lowest BCUT2D eigenvalue weighted by Gasteiger charge is -2.30. The van der Waals surface area contributed by atoms with Crippen molar-refractivity contribution in [1.82, 2.24) is 15.2 Å². The van der Waals surface area contributed by atoms with Crippen LogP contribution in [-0.4, -0.2) is 32.4 Å². The average Bonchev–Trinajstić information content (AvgIpc) is 2.26. The summed E-state index contributed by atoms with van der Waals surface area (Å²) in [5, 5.41) is 19.8. The summed E-state index contributed by atoms with van der Waals surface area (Å²) < 4.78 is 0. The van der Waals surface area contributed by atoms with Crippen LogP contribution in [-0.2, 0) is 0 Å². The third-order valence-electron chi connectivity index (χ3n) is 2.58. The minimum Gasteiger partial charge on any atom is -0.394 e. The van der Waals surface area contributed by atoms with Crippen LogP contribution in [0.15, 0.2) is 6.20 Å². The van der Waals surface area contributed by atoms with Crippen molar-refractivity contribution in [3.63, 3.8) is 0 Å². The van der Waals surface area contributed by atoms with Crippen LogP contribution in [0.2, 0.25) is 5.28 Å². The Labute approximate surface area is 93.9 Å². The Morgan fingerprint density at radius 2 is 2.13 bits per heavy atom. The van der Waals surface area contributed by atoms with Crippen molar-refractivity contribution in [3.05, 3.63) is 11.5 Å². The molecule has 0 aliphatic carbocycles. The van der Waals surface area contributed by atoms with Crippen LogP contribution in [0.4, 0.5) is 5.82 Å². The first kappa shape index (κ1) is 12.1. The second-order valence-corrected chi connectivity index (χ2v) is 3.72. The SMILES string of the molecule is CCC(CC)(CO)Nc1cnnc(Cl)n1. The van der Waals surface area contributed by atoms with Gasteiger partial charge in [-0.3, -0.25) is 0 Å². The summed E-state index contributed by atoms with van der Waals surface area (Å²) in [6.45, 7) is 4.05. The van der Waals surface area contributed by atoms with Gasteiger partial charge in [-0.15, -0.1) is 5.10 Å². The van der Waals surface area contributed by atoms with Gasteiger partial charge in [-0.2, -0.15) is 10.1 Å². The largest absolute Gasteiger partial charge is 0.394 e. The molecule has 0 amide bonds. The van der Waals surface area contributed by atoms with Crippen LogP contribution in [0.3, 0.4) is 0 Å². The smallest absolute Gasteiger partial charge is 0.244 e. The number of aromatic nitrogens is 3. The van der Waals surface area contributed by atoms with Crippen LogP contribution in [0.25, 0.3) is 0 Å². The van der Waals surface area contributed by atoms with Crippen molar-refractivity contribution < 1.29 is 5.11 Å². The number of hydrogen-bond acceptors (Lipinski definition) is 5. The van der Waals surface area contributed by atoms with Gasteiger partial charge in [-0.05, 0) is 24.4 Å². The molecule has 0 aliphatic heterocycles. The van der Waals surface area contributed by atoms with Crippen LogP contribution in [0.1, 0.15) is 26.7 Å². The van der Waals surface area contributed by atoms with Crippen LogP contribution >= 0.6 is 11.6 Å². The summed E-state index contributed by atoms with van der Waals surface area (Å²) in [4.78, 5) is 3.97. The number of nitrogens with one attached hydrogen (secondary N) is 1. The van der Waals surface area contributed by atoms with Gasteiger partial charge in [-0.25, -0.2) is 0 Å². The van der Waals surface area contributed by atoms with E-state index in [1.54, 1.807) is 0 Å². The number of rotatable bonds is 5. The highest BCUT2D eigenvalue weighted by Crippen LogP contribution is 2.20. The van der Waals surface area contributed by atoms with Gasteiger partial charge >= 0.3 is 0 Å². The lowest BCUT2D eigenvalue weighted by Crippen LogP contribution is -2.41. The maximum atomic E-state index is 9.35. The molecule has 84 valence electrons. The molecule has 0 aromatic carbocycles. The number of halogens is 1. The zero-order valence-corrected chi connectivity index (χ0v) is 9.62. The fraction of sp³-hybridized carbons (Fsp3) is 0.667. The number of anilines is 1. The lowest BCUT2D eigenvalue weighted by molar-refractivity contribution is 0.202. The Morgan fingerprint density at radius 1 is 1.47 bits per heavy atom. The maximum absolute atomic E-state index is 9.35. The molecule has 0 unspecified atom stereocenters. The Kier molecular flexibility index (Phi) is 4.23. The molecule has 15 heavy (non-hydrogen) atoms. The third-order valence-corrected chi connectivity index (χ3v) is 2.74. The molecule has 1 rings (SSSR count). The fourth-order valence-corrected chi connectivity index (χ4v) is 1.44. The van der Waals surface area contributed by atoms with Crippen LogP contribution < -0.4 is 5.32 Å². The van der Waals surface area contributed by atoms with Gasteiger partial charge in [0, 0.05) is 0 Å². The van der Waals surface area contributed by atoms with Gasteiger partial charge in [0.1, 0.15) is 5.82 Å². The van der Waals surface area contributed by atoms with E-state index in [1.807, 2.05) is 13.8 Å². The average molecular weight is 231 g/mol. The molecule has 6 heteroatoms. The van der Waals surface area contributed by atoms with Crippen molar-refractivity contribution in [2.75, 3.05) is 11.9 Å². The monoisotopic (exact) mass is 230 g/mol. The first-order chi connectivity index (χ1) is 7.15. The van der Waals surface area contributed by atoms with Gasteiger partial charge in [0.2, 0.25) is 5.28 Å². The molecule has 0 spiro atoms. The molecule has 0 fully saturated rings. The number of aliphatic hydroxyl groups is 1. The van der Waals surface area contributed by atoms with Crippen LogP contribution in [0.5, 0.6) is 0 Å². The van der Waals surface area contributed by atoms with Gasteiger partial charge in [-0.1, -0.05) is 13.8 Å². The number of aliphatic hydroxyl groups excluding tert-OH is 1. The molecule has 0 aliphatic rings. The summed E-state index contributed by atoms with van der Waals surface area (Å²) in [5.74, 6) is 0.535. The minimum atomic E-state index is -0.362. The van der Waals surface area contributed by atoms with Gasteiger partial charge < -0.3 is 10.4 Å². The molecule has 0 atom stereocenters.